The molecule has 3 nitrogen and oxygen atoms in total. The van der Waals surface area contributed by atoms with Crippen molar-refractivity contribution in [1.82, 2.24) is 0 Å². The Bertz CT molecular complexity index is 784. The number of fused-ring (bicyclic) bond motifs is 5. The van der Waals surface area contributed by atoms with Gasteiger partial charge in [0.15, 0.2) is 0 Å². The van der Waals surface area contributed by atoms with E-state index in [1.165, 1.54) is 19.3 Å². The second-order valence-corrected chi connectivity index (χ2v) is 13.2. The third-order valence-electron chi connectivity index (χ3n) is 11.4. The molecular formula is C29H49NO2. The number of allylic oxidation sites excluding steroid dienone is 2. The fraction of sp³-hybridized carbons (Fsp3) is 0.862. The molecule has 0 aromatic heterocycles. The van der Waals surface area contributed by atoms with Crippen molar-refractivity contribution in [2.45, 2.75) is 111 Å². The quantitative estimate of drug-likeness (QED) is 0.457. The van der Waals surface area contributed by atoms with Crippen LogP contribution in [0.3, 0.4) is 0 Å². The standard InChI is InChI=1S/C29H49NO2/c1-19(18-31)8-7-9-20(2)21-12-16-28(6)23-10-11-24-26(3,4)25(32)14-15-27(24,5)22(23)13-17-29(21,28)30/h8,10,20-22,24-25,31-32H,7,9,11-18,30H2,1-6H3/b19-8-/t20?,21-,22?,24?,25-,27+,28+,29+/m0/s1. The molecule has 4 rings (SSSR count). The lowest BCUT2D eigenvalue weighted by molar-refractivity contribution is -0.126. The largest absolute Gasteiger partial charge is 0.393 e. The van der Waals surface area contributed by atoms with Crippen molar-refractivity contribution in [2.75, 3.05) is 6.61 Å². The zero-order chi connectivity index (χ0) is 23.5. The molecule has 3 heteroatoms. The molecule has 4 aliphatic rings. The molecule has 0 bridgehead atoms. The first-order valence-corrected chi connectivity index (χ1v) is 13.4. The summed E-state index contributed by atoms with van der Waals surface area (Å²) < 4.78 is 0. The number of aliphatic hydroxyl groups excluding tert-OH is 2. The number of rotatable bonds is 5. The Morgan fingerprint density at radius 2 is 1.88 bits per heavy atom. The van der Waals surface area contributed by atoms with Gasteiger partial charge in [-0.1, -0.05) is 57.9 Å². The molecule has 4 aliphatic carbocycles. The van der Waals surface area contributed by atoms with E-state index in [1.807, 2.05) is 6.92 Å². The van der Waals surface area contributed by atoms with E-state index in [-0.39, 0.29) is 34.5 Å². The molecular weight excluding hydrogens is 394 g/mol. The van der Waals surface area contributed by atoms with E-state index < -0.39 is 0 Å². The summed E-state index contributed by atoms with van der Waals surface area (Å²) in [5.74, 6) is 2.36. The number of hydrogen-bond donors (Lipinski definition) is 3. The summed E-state index contributed by atoms with van der Waals surface area (Å²) in [6.45, 7) is 14.2. The Morgan fingerprint density at radius 1 is 1.16 bits per heavy atom. The van der Waals surface area contributed by atoms with Crippen molar-refractivity contribution >= 4 is 0 Å². The van der Waals surface area contributed by atoms with Gasteiger partial charge in [0.25, 0.3) is 0 Å². The van der Waals surface area contributed by atoms with E-state index in [0.717, 1.165) is 44.1 Å². The van der Waals surface area contributed by atoms with Crippen molar-refractivity contribution in [3.05, 3.63) is 23.3 Å². The van der Waals surface area contributed by atoms with Gasteiger partial charge >= 0.3 is 0 Å². The molecule has 0 radical (unpaired) electrons. The molecule has 4 N–H and O–H groups in total. The van der Waals surface area contributed by atoms with E-state index in [9.17, 15) is 10.2 Å². The number of hydrogen-bond acceptors (Lipinski definition) is 3. The summed E-state index contributed by atoms with van der Waals surface area (Å²) in [7, 11) is 0. The third kappa shape index (κ3) is 3.40. The highest BCUT2D eigenvalue weighted by atomic mass is 16.3. The minimum Gasteiger partial charge on any atom is -0.393 e. The average Bonchev–Trinajstić information content (AvgIpc) is 3.02. The van der Waals surface area contributed by atoms with Crippen LogP contribution in [0.1, 0.15) is 99.3 Å². The Hall–Kier alpha value is -0.640. The van der Waals surface area contributed by atoms with Crippen molar-refractivity contribution in [3.63, 3.8) is 0 Å². The van der Waals surface area contributed by atoms with E-state index >= 15 is 0 Å². The minimum atomic E-state index is -0.177. The van der Waals surface area contributed by atoms with E-state index in [4.69, 9.17) is 5.73 Å². The first kappa shape index (κ1) is 24.5. The number of nitrogens with two attached hydrogens (primary N) is 1. The molecule has 3 saturated carbocycles. The first-order valence-electron chi connectivity index (χ1n) is 13.4. The van der Waals surface area contributed by atoms with Crippen LogP contribution in [0.2, 0.25) is 0 Å². The Morgan fingerprint density at radius 3 is 2.56 bits per heavy atom. The summed E-state index contributed by atoms with van der Waals surface area (Å²) in [5, 5.41) is 20.1. The molecule has 0 aromatic carbocycles. The van der Waals surface area contributed by atoms with Crippen LogP contribution in [-0.2, 0) is 0 Å². The maximum absolute atomic E-state index is 10.8. The van der Waals surface area contributed by atoms with Gasteiger partial charge in [0.1, 0.15) is 0 Å². The molecule has 0 amide bonds. The molecule has 0 heterocycles. The first-order chi connectivity index (χ1) is 14.9. The van der Waals surface area contributed by atoms with E-state index in [2.05, 4.69) is 46.8 Å². The predicted octanol–water partition coefficient (Wildman–Crippen LogP) is 6.00. The fourth-order valence-corrected chi connectivity index (χ4v) is 9.16. The second-order valence-electron chi connectivity index (χ2n) is 13.2. The van der Waals surface area contributed by atoms with Crippen LogP contribution >= 0.6 is 0 Å². The van der Waals surface area contributed by atoms with Crippen molar-refractivity contribution in [3.8, 4) is 0 Å². The second kappa shape index (κ2) is 8.24. The summed E-state index contributed by atoms with van der Waals surface area (Å²) >= 11 is 0. The van der Waals surface area contributed by atoms with Gasteiger partial charge in [-0.05, 0) is 99.2 Å². The van der Waals surface area contributed by atoms with E-state index in [1.54, 1.807) is 5.57 Å². The van der Waals surface area contributed by atoms with Gasteiger partial charge in [0, 0.05) is 11.0 Å². The molecule has 0 aliphatic heterocycles. The van der Waals surface area contributed by atoms with Crippen LogP contribution in [0.25, 0.3) is 0 Å². The van der Waals surface area contributed by atoms with Crippen LogP contribution in [-0.4, -0.2) is 28.5 Å². The average molecular weight is 444 g/mol. The fourth-order valence-electron chi connectivity index (χ4n) is 9.16. The van der Waals surface area contributed by atoms with Crippen LogP contribution < -0.4 is 5.73 Å². The van der Waals surface area contributed by atoms with Gasteiger partial charge in [-0.15, -0.1) is 0 Å². The third-order valence-corrected chi connectivity index (χ3v) is 11.4. The van der Waals surface area contributed by atoms with Crippen molar-refractivity contribution < 1.29 is 10.2 Å². The van der Waals surface area contributed by atoms with Gasteiger partial charge in [0.05, 0.1) is 12.7 Å². The lowest BCUT2D eigenvalue weighted by Crippen LogP contribution is -2.63. The van der Waals surface area contributed by atoms with Gasteiger partial charge in [-0.2, -0.15) is 0 Å². The summed E-state index contributed by atoms with van der Waals surface area (Å²) in [6, 6.07) is 0. The van der Waals surface area contributed by atoms with Crippen LogP contribution in [0.5, 0.6) is 0 Å². The molecule has 0 spiro atoms. The zero-order valence-corrected chi connectivity index (χ0v) is 21.6. The Balaban J connectivity index is 1.59. The smallest absolute Gasteiger partial charge is 0.0639 e. The molecule has 0 saturated heterocycles. The summed E-state index contributed by atoms with van der Waals surface area (Å²) in [4.78, 5) is 0. The van der Waals surface area contributed by atoms with Gasteiger partial charge in [-0.3, -0.25) is 0 Å². The minimum absolute atomic E-state index is 0.0138. The predicted molar refractivity (Wildman–Crippen MR) is 133 cm³/mol. The van der Waals surface area contributed by atoms with Crippen LogP contribution in [0.4, 0.5) is 0 Å². The maximum Gasteiger partial charge on any atom is 0.0639 e. The highest BCUT2D eigenvalue weighted by molar-refractivity contribution is 5.35. The molecule has 32 heavy (non-hydrogen) atoms. The van der Waals surface area contributed by atoms with E-state index in [0.29, 0.717) is 23.7 Å². The maximum atomic E-state index is 10.8. The molecule has 182 valence electrons. The SMILES string of the molecule is C/C(=C/CCC(C)[C@@H]1CC[C@]2(C)C3=CCC4C(C)(C)[C@@H](O)CC[C@]4(C)C3CC[C@@]12N)CO. The molecule has 8 atom stereocenters. The van der Waals surface area contributed by atoms with Crippen molar-refractivity contribution in [1.29, 1.82) is 0 Å². The van der Waals surface area contributed by atoms with Gasteiger partial charge in [-0.25, -0.2) is 0 Å². The summed E-state index contributed by atoms with van der Waals surface area (Å²) in [6.07, 6.45) is 14.8. The number of aliphatic hydroxyl groups is 2. The Labute approximate surface area is 196 Å². The molecule has 3 fully saturated rings. The lowest BCUT2D eigenvalue weighted by Gasteiger charge is -2.64. The van der Waals surface area contributed by atoms with Crippen LogP contribution in [0.15, 0.2) is 23.3 Å². The van der Waals surface area contributed by atoms with Gasteiger partial charge < -0.3 is 15.9 Å². The topological polar surface area (TPSA) is 66.5 Å². The van der Waals surface area contributed by atoms with Crippen LogP contribution in [0, 0.1) is 39.9 Å². The molecule has 0 aromatic rings. The highest BCUT2D eigenvalue weighted by Gasteiger charge is 2.65. The Kier molecular flexibility index (Phi) is 6.30. The highest BCUT2D eigenvalue weighted by Crippen LogP contribution is 2.69. The summed E-state index contributed by atoms with van der Waals surface area (Å²) in [5.41, 5.74) is 10.5. The van der Waals surface area contributed by atoms with Crippen molar-refractivity contribution in [2.24, 2.45) is 45.7 Å². The molecule has 3 unspecified atom stereocenters. The lowest BCUT2D eigenvalue weighted by atomic mass is 9.42. The van der Waals surface area contributed by atoms with Gasteiger partial charge in [0.2, 0.25) is 0 Å². The zero-order valence-electron chi connectivity index (χ0n) is 21.6. The normalized spacial score (nSPS) is 46.7. The monoisotopic (exact) mass is 443 g/mol.